The Labute approximate surface area is 96.9 Å². The van der Waals surface area contributed by atoms with Gasteiger partial charge in [0, 0.05) is 10.4 Å². The van der Waals surface area contributed by atoms with Crippen molar-refractivity contribution in [3.05, 3.63) is 34.7 Å². The van der Waals surface area contributed by atoms with Gasteiger partial charge < -0.3 is 5.11 Å². The molecule has 0 saturated carbocycles. The minimum Gasteiger partial charge on any atom is -0.475 e. The standard InChI is InChI=1S/C11H9ClN2O2/c1-2-8-7-4-3-6(12)5-9(7)14-10(13-8)11(15)16/h3-5H,2H2,1H3,(H,15,16). The average Bonchev–Trinajstić information content (AvgIpc) is 2.26. The third-order valence-corrected chi connectivity index (χ3v) is 2.50. The van der Waals surface area contributed by atoms with Crippen molar-refractivity contribution in [3.63, 3.8) is 0 Å². The Morgan fingerprint density at radius 1 is 1.44 bits per heavy atom. The molecule has 1 aromatic carbocycles. The minimum atomic E-state index is -1.13. The van der Waals surface area contributed by atoms with Crippen LogP contribution in [0.2, 0.25) is 5.02 Å². The van der Waals surface area contributed by atoms with Crippen LogP contribution in [0.4, 0.5) is 0 Å². The molecule has 16 heavy (non-hydrogen) atoms. The topological polar surface area (TPSA) is 63.1 Å². The Morgan fingerprint density at radius 2 is 2.19 bits per heavy atom. The fourth-order valence-electron chi connectivity index (χ4n) is 1.53. The quantitative estimate of drug-likeness (QED) is 0.870. The van der Waals surface area contributed by atoms with Crippen LogP contribution in [-0.4, -0.2) is 21.0 Å². The van der Waals surface area contributed by atoms with E-state index in [2.05, 4.69) is 9.97 Å². The highest BCUT2D eigenvalue weighted by molar-refractivity contribution is 6.31. The molecule has 1 aromatic heterocycles. The van der Waals surface area contributed by atoms with Gasteiger partial charge in [-0.15, -0.1) is 0 Å². The SMILES string of the molecule is CCc1nc(C(=O)O)nc2cc(Cl)ccc12. The second kappa shape index (κ2) is 4.06. The second-order valence-electron chi connectivity index (χ2n) is 3.31. The van der Waals surface area contributed by atoms with Gasteiger partial charge in [0.1, 0.15) is 0 Å². The molecule has 82 valence electrons. The fraction of sp³-hybridized carbons (Fsp3) is 0.182. The first kappa shape index (κ1) is 10.8. The summed E-state index contributed by atoms with van der Waals surface area (Å²) in [4.78, 5) is 18.8. The third kappa shape index (κ3) is 1.84. The summed E-state index contributed by atoms with van der Waals surface area (Å²) >= 11 is 5.84. The molecule has 2 aromatic rings. The molecule has 0 aliphatic rings. The maximum atomic E-state index is 10.8. The number of carbonyl (C=O) groups is 1. The zero-order valence-corrected chi connectivity index (χ0v) is 9.32. The number of rotatable bonds is 2. The summed E-state index contributed by atoms with van der Waals surface area (Å²) in [6.45, 7) is 1.92. The normalized spacial score (nSPS) is 10.6. The van der Waals surface area contributed by atoms with E-state index >= 15 is 0 Å². The number of aryl methyl sites for hydroxylation is 1. The van der Waals surface area contributed by atoms with Crippen molar-refractivity contribution >= 4 is 28.5 Å². The smallest absolute Gasteiger partial charge is 0.373 e. The van der Waals surface area contributed by atoms with Gasteiger partial charge in [-0.05, 0) is 24.6 Å². The van der Waals surface area contributed by atoms with E-state index in [0.29, 0.717) is 17.0 Å². The summed E-state index contributed by atoms with van der Waals surface area (Å²) in [6, 6.07) is 5.19. The van der Waals surface area contributed by atoms with Crippen LogP contribution in [0.1, 0.15) is 23.2 Å². The van der Waals surface area contributed by atoms with E-state index in [-0.39, 0.29) is 5.82 Å². The summed E-state index contributed by atoms with van der Waals surface area (Å²) in [6.07, 6.45) is 0.654. The van der Waals surface area contributed by atoms with Crippen molar-refractivity contribution in [2.24, 2.45) is 0 Å². The number of nitrogens with zero attached hydrogens (tertiary/aromatic N) is 2. The molecule has 5 heteroatoms. The number of carboxylic acid groups (broad SMARTS) is 1. The highest BCUT2D eigenvalue weighted by Gasteiger charge is 2.11. The molecular formula is C11H9ClN2O2. The zero-order valence-electron chi connectivity index (χ0n) is 8.57. The molecule has 1 heterocycles. The average molecular weight is 237 g/mol. The molecule has 0 atom stereocenters. The molecule has 4 nitrogen and oxygen atoms in total. The minimum absolute atomic E-state index is 0.188. The number of aromatic nitrogens is 2. The Kier molecular flexibility index (Phi) is 2.75. The molecule has 0 aliphatic carbocycles. The lowest BCUT2D eigenvalue weighted by Crippen LogP contribution is -2.07. The molecule has 0 bridgehead atoms. The van der Waals surface area contributed by atoms with Gasteiger partial charge in [-0.2, -0.15) is 0 Å². The first-order valence-corrected chi connectivity index (χ1v) is 5.19. The molecule has 0 spiro atoms. The Hall–Kier alpha value is -1.68. The predicted molar refractivity (Wildman–Crippen MR) is 60.9 cm³/mol. The molecule has 2 rings (SSSR count). The lowest BCUT2D eigenvalue weighted by Gasteiger charge is -2.04. The predicted octanol–water partition coefficient (Wildman–Crippen LogP) is 2.54. The van der Waals surface area contributed by atoms with Gasteiger partial charge in [-0.1, -0.05) is 18.5 Å². The van der Waals surface area contributed by atoms with Gasteiger partial charge >= 0.3 is 5.97 Å². The van der Waals surface area contributed by atoms with Crippen LogP contribution in [-0.2, 0) is 6.42 Å². The molecule has 0 amide bonds. The van der Waals surface area contributed by atoms with E-state index in [1.165, 1.54) is 0 Å². The zero-order chi connectivity index (χ0) is 11.7. The van der Waals surface area contributed by atoms with Crippen molar-refractivity contribution in [1.82, 2.24) is 9.97 Å². The molecule has 1 N–H and O–H groups in total. The Balaban J connectivity index is 2.78. The Bertz CT molecular complexity index is 569. The van der Waals surface area contributed by atoms with Crippen LogP contribution in [0.3, 0.4) is 0 Å². The number of fused-ring (bicyclic) bond motifs is 1. The van der Waals surface area contributed by atoms with Gasteiger partial charge in [-0.25, -0.2) is 14.8 Å². The Morgan fingerprint density at radius 3 is 2.81 bits per heavy atom. The van der Waals surface area contributed by atoms with Crippen molar-refractivity contribution in [2.75, 3.05) is 0 Å². The first-order chi connectivity index (χ1) is 7.61. The summed E-state index contributed by atoms with van der Waals surface area (Å²) in [5.41, 5.74) is 1.29. The van der Waals surface area contributed by atoms with E-state index < -0.39 is 5.97 Å². The van der Waals surface area contributed by atoms with Crippen molar-refractivity contribution < 1.29 is 9.90 Å². The van der Waals surface area contributed by atoms with Gasteiger partial charge in [0.05, 0.1) is 11.2 Å². The summed E-state index contributed by atoms with van der Waals surface area (Å²) < 4.78 is 0. The monoisotopic (exact) mass is 236 g/mol. The van der Waals surface area contributed by atoms with Crippen LogP contribution < -0.4 is 0 Å². The lowest BCUT2D eigenvalue weighted by atomic mass is 10.1. The van der Waals surface area contributed by atoms with E-state index in [9.17, 15) is 4.79 Å². The number of carboxylic acids is 1. The maximum absolute atomic E-state index is 10.8. The van der Waals surface area contributed by atoms with Gasteiger partial charge in [0.15, 0.2) is 0 Å². The molecule has 0 fully saturated rings. The second-order valence-corrected chi connectivity index (χ2v) is 3.75. The summed E-state index contributed by atoms with van der Waals surface area (Å²) in [5, 5.41) is 10.3. The number of aromatic carboxylic acids is 1. The highest BCUT2D eigenvalue weighted by Crippen LogP contribution is 2.20. The van der Waals surface area contributed by atoms with Gasteiger partial charge in [0.2, 0.25) is 5.82 Å². The van der Waals surface area contributed by atoms with Gasteiger partial charge in [0.25, 0.3) is 0 Å². The molecule has 0 unspecified atom stereocenters. The van der Waals surface area contributed by atoms with Crippen LogP contribution in [0, 0.1) is 0 Å². The van der Waals surface area contributed by atoms with Crippen molar-refractivity contribution in [3.8, 4) is 0 Å². The van der Waals surface area contributed by atoms with Crippen molar-refractivity contribution in [2.45, 2.75) is 13.3 Å². The first-order valence-electron chi connectivity index (χ1n) is 4.81. The third-order valence-electron chi connectivity index (χ3n) is 2.26. The van der Waals surface area contributed by atoms with E-state index in [1.807, 2.05) is 13.0 Å². The number of benzene rings is 1. The molecule has 0 saturated heterocycles. The fourth-order valence-corrected chi connectivity index (χ4v) is 1.70. The maximum Gasteiger partial charge on any atom is 0.373 e. The number of halogens is 1. The van der Waals surface area contributed by atoms with Crippen molar-refractivity contribution in [1.29, 1.82) is 0 Å². The van der Waals surface area contributed by atoms with E-state index in [0.717, 1.165) is 11.1 Å². The van der Waals surface area contributed by atoms with Gasteiger partial charge in [-0.3, -0.25) is 0 Å². The number of hydrogen-bond donors (Lipinski definition) is 1. The molecular weight excluding hydrogens is 228 g/mol. The summed E-state index contributed by atoms with van der Waals surface area (Å²) in [5.74, 6) is -1.32. The lowest BCUT2D eigenvalue weighted by molar-refractivity contribution is 0.0683. The largest absolute Gasteiger partial charge is 0.475 e. The summed E-state index contributed by atoms with van der Waals surface area (Å²) in [7, 11) is 0. The van der Waals surface area contributed by atoms with E-state index in [1.54, 1.807) is 12.1 Å². The van der Waals surface area contributed by atoms with E-state index in [4.69, 9.17) is 16.7 Å². The van der Waals surface area contributed by atoms with Crippen LogP contribution in [0.25, 0.3) is 10.9 Å². The molecule has 0 aliphatic heterocycles. The van der Waals surface area contributed by atoms with Crippen LogP contribution in [0.5, 0.6) is 0 Å². The number of hydrogen-bond acceptors (Lipinski definition) is 3. The highest BCUT2D eigenvalue weighted by atomic mass is 35.5. The molecule has 0 radical (unpaired) electrons. The van der Waals surface area contributed by atoms with Crippen LogP contribution in [0.15, 0.2) is 18.2 Å². The van der Waals surface area contributed by atoms with Crippen LogP contribution >= 0.6 is 11.6 Å².